The van der Waals surface area contributed by atoms with Gasteiger partial charge in [0.25, 0.3) is 0 Å². The summed E-state index contributed by atoms with van der Waals surface area (Å²) in [7, 11) is 1.31. The zero-order chi connectivity index (χ0) is 17.8. The van der Waals surface area contributed by atoms with E-state index in [0.717, 1.165) is 0 Å². The third-order valence-electron chi connectivity index (χ3n) is 3.28. The van der Waals surface area contributed by atoms with Crippen LogP contribution in [0.15, 0.2) is 42.5 Å². The SMILES string of the molecule is COC(=O)C(C)Oc1ccc(Oc2nnc3cc(Cl)ccc3n2)cc1. The van der Waals surface area contributed by atoms with Crippen molar-refractivity contribution in [3.05, 3.63) is 47.5 Å². The molecule has 3 aromatic rings. The molecule has 128 valence electrons. The highest BCUT2D eigenvalue weighted by molar-refractivity contribution is 6.31. The van der Waals surface area contributed by atoms with Gasteiger partial charge in [-0.3, -0.25) is 0 Å². The normalized spacial score (nSPS) is 11.8. The van der Waals surface area contributed by atoms with Gasteiger partial charge in [-0.05, 0) is 49.4 Å². The van der Waals surface area contributed by atoms with E-state index in [4.69, 9.17) is 21.1 Å². The molecule has 8 heteroatoms. The minimum Gasteiger partial charge on any atom is -0.479 e. The molecule has 2 aromatic carbocycles. The summed E-state index contributed by atoms with van der Waals surface area (Å²) < 4.78 is 15.6. The van der Waals surface area contributed by atoms with E-state index in [1.54, 1.807) is 49.4 Å². The van der Waals surface area contributed by atoms with Gasteiger partial charge in [-0.1, -0.05) is 16.7 Å². The summed E-state index contributed by atoms with van der Waals surface area (Å²) in [5, 5.41) is 8.50. The summed E-state index contributed by atoms with van der Waals surface area (Å²) >= 11 is 5.90. The molecule has 0 N–H and O–H groups in total. The van der Waals surface area contributed by atoms with Crippen molar-refractivity contribution in [3.8, 4) is 17.5 Å². The fourth-order valence-electron chi connectivity index (χ4n) is 2.05. The first-order chi connectivity index (χ1) is 12.0. The number of aromatic nitrogens is 3. The molecule has 0 saturated carbocycles. The van der Waals surface area contributed by atoms with Crippen molar-refractivity contribution in [3.63, 3.8) is 0 Å². The van der Waals surface area contributed by atoms with Crippen LogP contribution in [0.2, 0.25) is 5.02 Å². The maximum atomic E-state index is 11.3. The number of hydrogen-bond acceptors (Lipinski definition) is 7. The number of carbonyl (C=O) groups is 1. The van der Waals surface area contributed by atoms with Gasteiger partial charge in [-0.2, -0.15) is 4.98 Å². The number of nitrogens with zero attached hydrogens (tertiary/aromatic N) is 3. The van der Waals surface area contributed by atoms with Crippen LogP contribution in [0.1, 0.15) is 6.92 Å². The maximum Gasteiger partial charge on any atom is 0.346 e. The Morgan fingerprint density at radius 2 is 1.76 bits per heavy atom. The van der Waals surface area contributed by atoms with Gasteiger partial charge in [-0.15, -0.1) is 5.10 Å². The Bertz CT molecular complexity index is 902. The molecule has 0 radical (unpaired) electrons. The van der Waals surface area contributed by atoms with E-state index in [0.29, 0.717) is 27.6 Å². The lowest BCUT2D eigenvalue weighted by Crippen LogP contribution is -2.24. The van der Waals surface area contributed by atoms with Crippen molar-refractivity contribution in [1.29, 1.82) is 0 Å². The summed E-state index contributed by atoms with van der Waals surface area (Å²) in [6.07, 6.45) is -0.698. The highest BCUT2D eigenvalue weighted by Crippen LogP contribution is 2.23. The van der Waals surface area contributed by atoms with E-state index in [2.05, 4.69) is 19.9 Å². The fourth-order valence-corrected chi connectivity index (χ4v) is 2.21. The van der Waals surface area contributed by atoms with Gasteiger partial charge >= 0.3 is 12.0 Å². The molecular weight excluding hydrogens is 346 g/mol. The van der Waals surface area contributed by atoms with Gasteiger partial charge in [-0.25, -0.2) is 4.79 Å². The van der Waals surface area contributed by atoms with Crippen LogP contribution in [0, 0.1) is 0 Å². The van der Waals surface area contributed by atoms with Crippen LogP contribution in [0.5, 0.6) is 17.5 Å². The zero-order valence-corrected chi connectivity index (χ0v) is 14.2. The van der Waals surface area contributed by atoms with E-state index in [1.165, 1.54) is 7.11 Å². The predicted molar refractivity (Wildman–Crippen MR) is 91.0 cm³/mol. The smallest absolute Gasteiger partial charge is 0.346 e. The first-order valence-corrected chi connectivity index (χ1v) is 7.75. The standard InChI is InChI=1S/C17H14ClN3O4/c1-10(16(22)23-2)24-12-4-6-13(7-5-12)25-17-19-14-8-3-11(18)9-15(14)20-21-17/h3-10H,1-2H3. The van der Waals surface area contributed by atoms with Crippen molar-refractivity contribution in [2.24, 2.45) is 0 Å². The second-order valence-corrected chi connectivity index (χ2v) is 5.52. The monoisotopic (exact) mass is 359 g/mol. The van der Waals surface area contributed by atoms with Crippen LogP contribution < -0.4 is 9.47 Å². The largest absolute Gasteiger partial charge is 0.479 e. The lowest BCUT2D eigenvalue weighted by atomic mass is 10.3. The van der Waals surface area contributed by atoms with E-state index in [9.17, 15) is 4.79 Å². The predicted octanol–water partition coefficient (Wildman–Crippen LogP) is 3.41. The Labute approximate surface area is 148 Å². The van der Waals surface area contributed by atoms with Gasteiger partial charge in [0.1, 0.15) is 17.0 Å². The van der Waals surface area contributed by atoms with Gasteiger partial charge in [0.15, 0.2) is 6.10 Å². The van der Waals surface area contributed by atoms with E-state index < -0.39 is 12.1 Å². The number of hydrogen-bond donors (Lipinski definition) is 0. The molecule has 0 aliphatic carbocycles. The summed E-state index contributed by atoms with van der Waals surface area (Å²) in [5.41, 5.74) is 1.21. The fraction of sp³-hybridized carbons (Fsp3) is 0.176. The van der Waals surface area contributed by atoms with Crippen LogP contribution in [0.3, 0.4) is 0 Å². The molecular formula is C17H14ClN3O4. The summed E-state index contributed by atoms with van der Waals surface area (Å²) in [6.45, 7) is 1.61. The molecule has 0 aliphatic rings. The Kier molecular flexibility index (Phi) is 4.95. The Hall–Kier alpha value is -2.93. The first-order valence-electron chi connectivity index (χ1n) is 7.37. The van der Waals surface area contributed by atoms with Crippen LogP contribution in [-0.4, -0.2) is 34.4 Å². The Morgan fingerprint density at radius 3 is 2.48 bits per heavy atom. The van der Waals surface area contributed by atoms with Crippen molar-refractivity contribution in [2.75, 3.05) is 7.11 Å². The van der Waals surface area contributed by atoms with Gasteiger partial charge in [0, 0.05) is 5.02 Å². The minimum atomic E-state index is -0.698. The molecule has 0 fully saturated rings. The van der Waals surface area contributed by atoms with E-state index in [1.807, 2.05) is 0 Å². The highest BCUT2D eigenvalue weighted by atomic mass is 35.5. The quantitative estimate of drug-likeness (QED) is 0.645. The van der Waals surface area contributed by atoms with Crippen molar-refractivity contribution >= 4 is 28.6 Å². The van der Waals surface area contributed by atoms with Gasteiger partial charge in [0.05, 0.1) is 12.6 Å². The second-order valence-electron chi connectivity index (χ2n) is 5.08. The molecule has 1 aromatic heterocycles. The third-order valence-corrected chi connectivity index (χ3v) is 3.51. The molecule has 0 amide bonds. The molecule has 1 atom stereocenters. The summed E-state index contributed by atoms with van der Waals surface area (Å²) in [4.78, 5) is 15.6. The van der Waals surface area contributed by atoms with Crippen LogP contribution >= 0.6 is 11.6 Å². The number of ether oxygens (including phenoxy) is 3. The van der Waals surface area contributed by atoms with E-state index >= 15 is 0 Å². The summed E-state index contributed by atoms with van der Waals surface area (Å²) in [5.74, 6) is 0.571. The molecule has 0 spiro atoms. The molecule has 0 saturated heterocycles. The number of halogens is 1. The van der Waals surface area contributed by atoms with Gasteiger partial charge < -0.3 is 14.2 Å². The maximum absolute atomic E-state index is 11.3. The number of rotatable bonds is 5. The minimum absolute atomic E-state index is 0.117. The third kappa shape index (κ3) is 4.13. The van der Waals surface area contributed by atoms with Crippen molar-refractivity contribution in [2.45, 2.75) is 13.0 Å². The van der Waals surface area contributed by atoms with Crippen LogP contribution in [0.25, 0.3) is 11.0 Å². The van der Waals surface area contributed by atoms with Crippen molar-refractivity contribution < 1.29 is 19.0 Å². The lowest BCUT2D eigenvalue weighted by molar-refractivity contribution is -0.147. The molecule has 1 unspecified atom stereocenters. The van der Waals surface area contributed by atoms with Gasteiger partial charge in [0.2, 0.25) is 0 Å². The van der Waals surface area contributed by atoms with Crippen molar-refractivity contribution in [1.82, 2.24) is 15.2 Å². The zero-order valence-electron chi connectivity index (χ0n) is 13.5. The van der Waals surface area contributed by atoms with Crippen LogP contribution in [-0.2, 0) is 9.53 Å². The Balaban J connectivity index is 1.71. The molecule has 0 aliphatic heterocycles. The Morgan fingerprint density at radius 1 is 1.04 bits per heavy atom. The molecule has 7 nitrogen and oxygen atoms in total. The molecule has 0 bridgehead atoms. The van der Waals surface area contributed by atoms with E-state index in [-0.39, 0.29) is 6.01 Å². The van der Waals surface area contributed by atoms with Crippen LogP contribution in [0.4, 0.5) is 0 Å². The number of carbonyl (C=O) groups excluding carboxylic acids is 1. The average molecular weight is 360 g/mol. The number of fused-ring (bicyclic) bond motifs is 1. The number of esters is 1. The lowest BCUT2D eigenvalue weighted by Gasteiger charge is -2.12. The second kappa shape index (κ2) is 7.31. The molecule has 3 rings (SSSR count). The first kappa shape index (κ1) is 16.9. The number of methoxy groups -OCH3 is 1. The number of benzene rings is 2. The molecule has 25 heavy (non-hydrogen) atoms. The topological polar surface area (TPSA) is 83.4 Å². The summed E-state index contributed by atoms with van der Waals surface area (Å²) in [6, 6.07) is 11.9. The highest BCUT2D eigenvalue weighted by Gasteiger charge is 2.14. The average Bonchev–Trinajstić information content (AvgIpc) is 2.62. The molecule has 1 heterocycles.